The maximum atomic E-state index is 11.9. The van der Waals surface area contributed by atoms with E-state index in [1.54, 1.807) is 6.20 Å². The molecule has 0 spiro atoms. The number of rotatable bonds is 3. The molecule has 0 saturated carbocycles. The number of nitrogens with two attached hydrogens (primary N) is 1. The molecule has 116 valence electrons. The third kappa shape index (κ3) is 2.45. The first kappa shape index (κ1) is 14.6. The molecule has 0 bridgehead atoms. The number of carbonyl (C=O) groups excluding carboxylic acids is 1. The van der Waals surface area contributed by atoms with E-state index in [4.69, 9.17) is 5.73 Å². The van der Waals surface area contributed by atoms with Gasteiger partial charge in [0.2, 0.25) is 5.91 Å². The van der Waals surface area contributed by atoms with E-state index in [9.17, 15) is 4.79 Å². The molecule has 1 saturated heterocycles. The van der Waals surface area contributed by atoms with Crippen molar-refractivity contribution in [3.05, 3.63) is 41.5 Å². The van der Waals surface area contributed by atoms with Gasteiger partial charge in [0.05, 0.1) is 12.1 Å². The number of hydrogen-bond acceptors (Lipinski definition) is 4. The van der Waals surface area contributed by atoms with Gasteiger partial charge in [0.15, 0.2) is 0 Å². The van der Waals surface area contributed by atoms with E-state index in [-0.39, 0.29) is 17.7 Å². The van der Waals surface area contributed by atoms with Gasteiger partial charge in [-0.25, -0.2) is 0 Å². The fourth-order valence-electron chi connectivity index (χ4n) is 3.23. The first-order valence-corrected chi connectivity index (χ1v) is 7.42. The molecule has 0 unspecified atom stereocenters. The van der Waals surface area contributed by atoms with E-state index in [0.29, 0.717) is 6.54 Å². The summed E-state index contributed by atoms with van der Waals surface area (Å²) < 4.78 is 1.84. The average molecular weight is 299 g/mol. The first-order valence-electron chi connectivity index (χ1n) is 7.42. The van der Waals surface area contributed by atoms with Crippen molar-refractivity contribution < 1.29 is 4.79 Å². The summed E-state index contributed by atoms with van der Waals surface area (Å²) in [5, 5.41) is 4.30. The molecule has 3 rings (SSSR count). The summed E-state index contributed by atoms with van der Waals surface area (Å²) in [6.45, 7) is 5.40. The molecule has 0 aromatic carbocycles. The van der Waals surface area contributed by atoms with Crippen molar-refractivity contribution in [1.29, 1.82) is 0 Å². The Balaban J connectivity index is 1.93. The zero-order chi connectivity index (χ0) is 15.9. The van der Waals surface area contributed by atoms with E-state index >= 15 is 0 Å². The lowest BCUT2D eigenvalue weighted by molar-refractivity contribution is -0.121. The Kier molecular flexibility index (Phi) is 3.60. The van der Waals surface area contributed by atoms with Crippen LogP contribution in [0.4, 0.5) is 5.69 Å². The topological polar surface area (TPSA) is 77.0 Å². The molecule has 2 aromatic rings. The Morgan fingerprint density at radius 2 is 2.14 bits per heavy atom. The quantitative estimate of drug-likeness (QED) is 0.922. The van der Waals surface area contributed by atoms with Gasteiger partial charge in [-0.2, -0.15) is 5.10 Å². The van der Waals surface area contributed by atoms with Crippen LogP contribution >= 0.6 is 0 Å². The molecule has 6 heteroatoms. The van der Waals surface area contributed by atoms with Gasteiger partial charge in [-0.1, -0.05) is 0 Å². The highest BCUT2D eigenvalue weighted by Gasteiger charge is 2.39. The predicted octanol–water partition coefficient (Wildman–Crippen LogP) is 1.14. The Bertz CT molecular complexity index is 708. The normalized spacial score (nSPS) is 21.3. The average Bonchev–Trinajstić information content (AvgIpc) is 3.04. The molecule has 0 radical (unpaired) electrons. The predicted molar refractivity (Wildman–Crippen MR) is 84.6 cm³/mol. The first-order chi connectivity index (χ1) is 10.5. The zero-order valence-corrected chi connectivity index (χ0v) is 13.2. The molecule has 2 aromatic heterocycles. The molecule has 0 aliphatic carbocycles. The Labute approximate surface area is 129 Å². The van der Waals surface area contributed by atoms with Crippen LogP contribution in [0.25, 0.3) is 0 Å². The molecule has 6 nitrogen and oxygen atoms in total. The zero-order valence-electron chi connectivity index (χ0n) is 13.2. The van der Waals surface area contributed by atoms with Gasteiger partial charge in [-0.15, -0.1) is 0 Å². The molecule has 2 atom stereocenters. The van der Waals surface area contributed by atoms with Crippen molar-refractivity contribution >= 4 is 11.6 Å². The standard InChI is InChI=1S/C16H21N5O/c1-10-6-12(4-5-18-10)21-8-14(15(9-21)16(17)22)13-7-19-20(3)11(13)2/h4-7,14-15H,8-9H2,1-3H3,(H2,17,22)/t14-,15+/m1/s1. The minimum Gasteiger partial charge on any atom is -0.370 e. The van der Waals surface area contributed by atoms with Crippen LogP contribution in [0, 0.1) is 19.8 Å². The number of aromatic nitrogens is 3. The number of anilines is 1. The van der Waals surface area contributed by atoms with Gasteiger partial charge >= 0.3 is 0 Å². The monoisotopic (exact) mass is 299 g/mol. The molecule has 1 aliphatic heterocycles. The molecular weight excluding hydrogens is 278 g/mol. The maximum Gasteiger partial charge on any atom is 0.223 e. The lowest BCUT2D eigenvalue weighted by Gasteiger charge is -2.18. The summed E-state index contributed by atoms with van der Waals surface area (Å²) in [6.07, 6.45) is 3.66. The Hall–Kier alpha value is -2.37. The SMILES string of the molecule is Cc1cc(N2C[C@H](C(N)=O)[C@@H](c3cnn(C)c3C)C2)ccn1. The smallest absolute Gasteiger partial charge is 0.223 e. The van der Waals surface area contributed by atoms with Crippen LogP contribution in [-0.4, -0.2) is 33.8 Å². The van der Waals surface area contributed by atoms with Crippen molar-refractivity contribution in [2.45, 2.75) is 19.8 Å². The van der Waals surface area contributed by atoms with Crippen LogP contribution < -0.4 is 10.6 Å². The maximum absolute atomic E-state index is 11.9. The molecular formula is C16H21N5O. The molecule has 1 aliphatic rings. The summed E-state index contributed by atoms with van der Waals surface area (Å²) in [7, 11) is 1.91. The van der Waals surface area contributed by atoms with Gasteiger partial charge in [-0.3, -0.25) is 14.5 Å². The van der Waals surface area contributed by atoms with E-state index in [1.807, 2.05) is 43.9 Å². The van der Waals surface area contributed by atoms with Crippen LogP contribution in [0.15, 0.2) is 24.5 Å². The molecule has 1 amide bonds. The summed E-state index contributed by atoms with van der Waals surface area (Å²) in [4.78, 5) is 18.3. The number of carbonyl (C=O) groups is 1. The number of aryl methyl sites for hydroxylation is 2. The van der Waals surface area contributed by atoms with Crippen molar-refractivity contribution in [2.75, 3.05) is 18.0 Å². The van der Waals surface area contributed by atoms with E-state index in [0.717, 1.165) is 29.2 Å². The van der Waals surface area contributed by atoms with Gasteiger partial charge < -0.3 is 10.6 Å². The summed E-state index contributed by atoms with van der Waals surface area (Å²) >= 11 is 0. The van der Waals surface area contributed by atoms with E-state index in [1.165, 1.54) is 0 Å². The summed E-state index contributed by atoms with van der Waals surface area (Å²) in [5.41, 5.74) is 9.90. The van der Waals surface area contributed by atoms with Crippen molar-refractivity contribution in [3.63, 3.8) is 0 Å². The second-order valence-electron chi connectivity index (χ2n) is 5.98. The molecule has 3 heterocycles. The molecule has 22 heavy (non-hydrogen) atoms. The van der Waals surface area contributed by atoms with Crippen LogP contribution in [0.2, 0.25) is 0 Å². The lowest BCUT2D eigenvalue weighted by Crippen LogP contribution is -2.29. The third-order valence-electron chi connectivity index (χ3n) is 4.60. The van der Waals surface area contributed by atoms with Crippen LogP contribution in [0.5, 0.6) is 0 Å². The Morgan fingerprint density at radius 3 is 2.73 bits per heavy atom. The van der Waals surface area contributed by atoms with Crippen LogP contribution in [0.1, 0.15) is 22.9 Å². The van der Waals surface area contributed by atoms with Crippen molar-refractivity contribution in [3.8, 4) is 0 Å². The van der Waals surface area contributed by atoms with Crippen molar-refractivity contribution in [1.82, 2.24) is 14.8 Å². The van der Waals surface area contributed by atoms with Crippen LogP contribution in [-0.2, 0) is 11.8 Å². The van der Waals surface area contributed by atoms with Crippen LogP contribution in [0.3, 0.4) is 0 Å². The second kappa shape index (κ2) is 5.44. The highest BCUT2D eigenvalue weighted by Crippen LogP contribution is 2.36. The third-order valence-corrected chi connectivity index (χ3v) is 4.60. The number of primary amides is 1. The molecule has 2 N–H and O–H groups in total. The van der Waals surface area contributed by atoms with Gasteiger partial charge in [-0.05, 0) is 31.5 Å². The fraction of sp³-hybridized carbons (Fsp3) is 0.438. The number of amides is 1. The van der Waals surface area contributed by atoms with Gasteiger partial charge in [0.1, 0.15) is 0 Å². The summed E-state index contributed by atoms with van der Waals surface area (Å²) in [6, 6.07) is 4.01. The number of hydrogen-bond donors (Lipinski definition) is 1. The van der Waals surface area contributed by atoms with Gasteiger partial charge in [0.25, 0.3) is 0 Å². The second-order valence-corrected chi connectivity index (χ2v) is 5.98. The number of nitrogens with zero attached hydrogens (tertiary/aromatic N) is 4. The van der Waals surface area contributed by atoms with E-state index in [2.05, 4.69) is 15.0 Å². The minimum absolute atomic E-state index is 0.0830. The number of pyridine rings is 1. The van der Waals surface area contributed by atoms with Gasteiger partial charge in [0, 0.05) is 49.3 Å². The molecule has 1 fully saturated rings. The minimum atomic E-state index is -0.249. The summed E-state index contributed by atoms with van der Waals surface area (Å²) in [5.74, 6) is -0.363. The van der Waals surface area contributed by atoms with Crippen molar-refractivity contribution in [2.24, 2.45) is 18.7 Å². The Morgan fingerprint density at radius 1 is 1.36 bits per heavy atom. The van der Waals surface area contributed by atoms with E-state index < -0.39 is 0 Å². The highest BCUT2D eigenvalue weighted by atomic mass is 16.1. The fourth-order valence-corrected chi connectivity index (χ4v) is 3.23. The lowest BCUT2D eigenvalue weighted by atomic mass is 9.89. The largest absolute Gasteiger partial charge is 0.370 e. The highest BCUT2D eigenvalue weighted by molar-refractivity contribution is 5.79.